The smallest absolute Gasteiger partial charge is 0.254 e. The summed E-state index contributed by atoms with van der Waals surface area (Å²) in [6, 6.07) is 23.9. The lowest BCUT2D eigenvalue weighted by Gasteiger charge is -2.37. The van der Waals surface area contributed by atoms with Crippen molar-refractivity contribution in [2.24, 2.45) is 5.92 Å². The molecule has 4 heteroatoms. The minimum atomic E-state index is -0.303. The number of halogens is 1. The van der Waals surface area contributed by atoms with E-state index >= 15 is 0 Å². The van der Waals surface area contributed by atoms with E-state index in [2.05, 4.69) is 72.2 Å². The van der Waals surface area contributed by atoms with Gasteiger partial charge < -0.3 is 4.90 Å². The quantitative estimate of drug-likeness (QED) is 0.346. The molecule has 1 saturated carbocycles. The monoisotopic (exact) mass is 498 g/mol. The van der Waals surface area contributed by atoms with Crippen LogP contribution in [0.25, 0.3) is 0 Å². The molecule has 3 nitrogen and oxygen atoms in total. The van der Waals surface area contributed by atoms with Gasteiger partial charge >= 0.3 is 0 Å². The van der Waals surface area contributed by atoms with Crippen molar-refractivity contribution in [2.45, 2.75) is 64.5 Å². The van der Waals surface area contributed by atoms with Crippen molar-refractivity contribution < 1.29 is 9.18 Å². The number of amides is 1. The highest BCUT2D eigenvalue weighted by Crippen LogP contribution is 2.37. The number of likely N-dealkylation sites (tertiary alicyclic amines) is 1. The van der Waals surface area contributed by atoms with Crippen LogP contribution < -0.4 is 0 Å². The van der Waals surface area contributed by atoms with E-state index in [1.165, 1.54) is 53.6 Å². The predicted molar refractivity (Wildman–Crippen MR) is 148 cm³/mol. The van der Waals surface area contributed by atoms with Crippen molar-refractivity contribution in [2.75, 3.05) is 19.6 Å². The topological polar surface area (TPSA) is 23.6 Å². The maximum Gasteiger partial charge on any atom is 0.254 e. The lowest BCUT2D eigenvalue weighted by Crippen LogP contribution is -2.45. The molecular weight excluding hydrogens is 459 g/mol. The normalized spacial score (nSPS) is 20.7. The first-order chi connectivity index (χ1) is 18.0. The van der Waals surface area contributed by atoms with Crippen molar-refractivity contribution >= 4 is 5.91 Å². The Kier molecular flexibility index (Phi) is 8.05. The van der Waals surface area contributed by atoms with Crippen LogP contribution in [-0.4, -0.2) is 41.4 Å². The summed E-state index contributed by atoms with van der Waals surface area (Å²) in [5.74, 6) is 0.465. The van der Waals surface area contributed by atoms with Gasteiger partial charge in [-0.3, -0.25) is 9.69 Å². The van der Waals surface area contributed by atoms with E-state index in [1.807, 2.05) is 0 Å². The summed E-state index contributed by atoms with van der Waals surface area (Å²) in [5.41, 5.74) is 5.93. The zero-order valence-electron chi connectivity index (χ0n) is 22.2. The van der Waals surface area contributed by atoms with Gasteiger partial charge in [0.15, 0.2) is 0 Å². The molecule has 37 heavy (non-hydrogen) atoms. The maximum atomic E-state index is 13.8. The summed E-state index contributed by atoms with van der Waals surface area (Å²) in [4.78, 5) is 18.6. The van der Waals surface area contributed by atoms with Crippen molar-refractivity contribution in [3.63, 3.8) is 0 Å². The summed E-state index contributed by atoms with van der Waals surface area (Å²) >= 11 is 0. The van der Waals surface area contributed by atoms with Crippen LogP contribution in [0.2, 0.25) is 0 Å². The molecule has 2 aliphatic rings. The Labute approximate surface area is 221 Å². The third-order valence-electron chi connectivity index (χ3n) is 8.43. The molecule has 1 heterocycles. The van der Waals surface area contributed by atoms with Crippen LogP contribution in [0.5, 0.6) is 0 Å². The molecule has 1 saturated heterocycles. The first-order valence-electron chi connectivity index (χ1n) is 13.9. The molecule has 1 amide bonds. The summed E-state index contributed by atoms with van der Waals surface area (Å²) in [7, 11) is 0. The number of nitrogens with zero attached hydrogens (tertiary/aromatic N) is 2. The summed E-state index contributed by atoms with van der Waals surface area (Å²) < 4.78 is 13.6. The second-order valence-electron chi connectivity index (χ2n) is 11.2. The fourth-order valence-electron chi connectivity index (χ4n) is 6.38. The Balaban J connectivity index is 1.42. The molecule has 1 aliphatic carbocycles. The van der Waals surface area contributed by atoms with Gasteiger partial charge in [-0.15, -0.1) is 0 Å². The number of hydrogen-bond donors (Lipinski definition) is 0. The molecular formula is C33H39FN2O. The summed E-state index contributed by atoms with van der Waals surface area (Å²) in [5, 5.41) is 0. The van der Waals surface area contributed by atoms with Gasteiger partial charge in [0.2, 0.25) is 0 Å². The Hall–Kier alpha value is -2.98. The fourth-order valence-corrected chi connectivity index (χ4v) is 6.38. The molecule has 0 radical (unpaired) electrons. The second kappa shape index (κ2) is 11.6. The van der Waals surface area contributed by atoms with E-state index in [1.54, 1.807) is 12.1 Å². The SMILES string of the molecule is Cc1ccc(CN2C[C@@H](CN(C(=O)c3ccc(F)cc3)C3CCCCC3)[C@H](c3ccccc3C)C2)cc1. The third-order valence-corrected chi connectivity index (χ3v) is 8.43. The number of aryl methyl sites for hydroxylation is 2. The molecule has 0 spiro atoms. The molecule has 0 unspecified atom stereocenters. The van der Waals surface area contributed by atoms with E-state index in [0.717, 1.165) is 39.0 Å². The van der Waals surface area contributed by atoms with Crippen LogP contribution >= 0.6 is 0 Å². The van der Waals surface area contributed by atoms with Gasteiger partial charge in [-0.1, -0.05) is 73.4 Å². The van der Waals surface area contributed by atoms with Crippen LogP contribution in [0.1, 0.15) is 70.6 Å². The van der Waals surface area contributed by atoms with E-state index in [-0.39, 0.29) is 17.8 Å². The van der Waals surface area contributed by atoms with E-state index < -0.39 is 0 Å². The molecule has 3 aromatic carbocycles. The van der Waals surface area contributed by atoms with Gasteiger partial charge in [0, 0.05) is 43.7 Å². The number of carbonyl (C=O) groups is 1. The fraction of sp³-hybridized carbons (Fsp3) is 0.424. The number of rotatable bonds is 7. The predicted octanol–water partition coefficient (Wildman–Crippen LogP) is 7.13. The average molecular weight is 499 g/mol. The van der Waals surface area contributed by atoms with Gasteiger partial charge in [0.25, 0.3) is 5.91 Å². The van der Waals surface area contributed by atoms with Crippen LogP contribution in [-0.2, 0) is 6.54 Å². The lowest BCUT2D eigenvalue weighted by atomic mass is 9.85. The largest absolute Gasteiger partial charge is 0.335 e. The molecule has 3 aromatic rings. The van der Waals surface area contributed by atoms with E-state index in [0.29, 0.717) is 17.4 Å². The Bertz CT molecular complexity index is 1180. The van der Waals surface area contributed by atoms with E-state index in [9.17, 15) is 9.18 Å². The van der Waals surface area contributed by atoms with Crippen LogP contribution in [0.15, 0.2) is 72.8 Å². The van der Waals surface area contributed by atoms with Crippen LogP contribution in [0.4, 0.5) is 4.39 Å². The van der Waals surface area contributed by atoms with Gasteiger partial charge in [-0.25, -0.2) is 4.39 Å². The average Bonchev–Trinajstić information content (AvgIpc) is 3.31. The first-order valence-corrected chi connectivity index (χ1v) is 13.9. The number of carbonyl (C=O) groups excluding carboxylic acids is 1. The van der Waals surface area contributed by atoms with Crippen molar-refractivity contribution in [3.05, 3.63) is 106 Å². The maximum absolute atomic E-state index is 13.8. The van der Waals surface area contributed by atoms with Crippen LogP contribution in [0.3, 0.4) is 0 Å². The number of hydrogen-bond acceptors (Lipinski definition) is 2. The molecule has 0 N–H and O–H groups in total. The Morgan fingerprint density at radius 2 is 1.59 bits per heavy atom. The van der Waals surface area contributed by atoms with Crippen molar-refractivity contribution in [3.8, 4) is 0 Å². The highest BCUT2D eigenvalue weighted by Gasteiger charge is 2.38. The highest BCUT2D eigenvalue weighted by molar-refractivity contribution is 5.94. The first kappa shape index (κ1) is 25.7. The minimum absolute atomic E-state index is 0.0485. The molecule has 5 rings (SSSR count). The molecule has 2 atom stereocenters. The van der Waals surface area contributed by atoms with Crippen molar-refractivity contribution in [1.29, 1.82) is 0 Å². The van der Waals surface area contributed by atoms with Crippen LogP contribution in [0, 0.1) is 25.6 Å². The molecule has 0 aromatic heterocycles. The summed E-state index contributed by atoms with van der Waals surface area (Å²) in [6.07, 6.45) is 5.70. The summed E-state index contributed by atoms with van der Waals surface area (Å²) in [6.45, 7) is 7.96. The standard InChI is InChI=1S/C33H39FN2O/c1-24-12-14-26(15-13-24)20-35-21-28(32(23-35)31-11-7-6-8-25(31)2)22-36(30-9-4-3-5-10-30)33(37)27-16-18-29(34)19-17-27/h6-8,11-19,28,30,32H,3-5,9-10,20-23H2,1-2H3/t28-,32+/m0/s1. The zero-order chi connectivity index (χ0) is 25.8. The molecule has 194 valence electrons. The molecule has 2 fully saturated rings. The Morgan fingerprint density at radius 3 is 2.30 bits per heavy atom. The Morgan fingerprint density at radius 1 is 0.892 bits per heavy atom. The van der Waals surface area contributed by atoms with Crippen molar-refractivity contribution in [1.82, 2.24) is 9.80 Å². The van der Waals surface area contributed by atoms with Gasteiger partial charge in [0.1, 0.15) is 5.82 Å². The molecule has 1 aliphatic heterocycles. The van der Waals surface area contributed by atoms with Gasteiger partial charge in [-0.2, -0.15) is 0 Å². The lowest BCUT2D eigenvalue weighted by molar-refractivity contribution is 0.0588. The highest BCUT2D eigenvalue weighted by atomic mass is 19.1. The number of benzene rings is 3. The molecule has 0 bridgehead atoms. The van der Waals surface area contributed by atoms with Gasteiger partial charge in [0.05, 0.1) is 0 Å². The van der Waals surface area contributed by atoms with Gasteiger partial charge in [-0.05, 0) is 73.6 Å². The minimum Gasteiger partial charge on any atom is -0.335 e. The zero-order valence-corrected chi connectivity index (χ0v) is 22.2. The van der Waals surface area contributed by atoms with E-state index in [4.69, 9.17) is 0 Å². The second-order valence-corrected chi connectivity index (χ2v) is 11.2. The third kappa shape index (κ3) is 6.13.